The summed E-state index contributed by atoms with van der Waals surface area (Å²) in [6.45, 7) is 12.5. The first-order valence-corrected chi connectivity index (χ1v) is 7.91. The molecule has 4 heteroatoms. The molecule has 0 aromatic rings. The van der Waals surface area contributed by atoms with Gasteiger partial charge >= 0.3 is 0 Å². The molecule has 2 N–H and O–H groups in total. The van der Waals surface area contributed by atoms with E-state index in [2.05, 4.69) is 42.3 Å². The predicted octanol–water partition coefficient (Wildman–Crippen LogP) is 1.24. The van der Waals surface area contributed by atoms with E-state index in [1.165, 1.54) is 44.1 Å². The van der Waals surface area contributed by atoms with Crippen LogP contribution in [0.15, 0.2) is 0 Å². The van der Waals surface area contributed by atoms with Crippen molar-refractivity contribution >= 4 is 11.8 Å². The van der Waals surface area contributed by atoms with Crippen LogP contribution < -0.4 is 5.73 Å². The van der Waals surface area contributed by atoms with Crippen LogP contribution in [-0.4, -0.2) is 65.1 Å². The van der Waals surface area contributed by atoms with E-state index in [9.17, 15) is 0 Å². The van der Waals surface area contributed by atoms with Crippen molar-refractivity contribution in [3.63, 3.8) is 0 Å². The standard InChI is InChI=1S/C13H27N3S/c1-12(2,3)15-5-7-16(8-6-15)13(10-14)4-9-17-11-13/h4-11,14H2,1-3H3. The molecule has 17 heavy (non-hydrogen) atoms. The maximum Gasteiger partial charge on any atom is 0.0430 e. The molecule has 0 aliphatic carbocycles. The molecule has 1 atom stereocenters. The lowest BCUT2D eigenvalue weighted by Gasteiger charge is -2.48. The van der Waals surface area contributed by atoms with E-state index in [1.54, 1.807) is 0 Å². The zero-order valence-electron chi connectivity index (χ0n) is 11.5. The Bertz CT molecular complexity index is 248. The topological polar surface area (TPSA) is 32.5 Å². The Kier molecular flexibility index (Phi) is 4.08. The number of nitrogens with two attached hydrogens (primary N) is 1. The molecule has 0 bridgehead atoms. The summed E-state index contributed by atoms with van der Waals surface area (Å²) in [4.78, 5) is 5.26. The Labute approximate surface area is 110 Å². The van der Waals surface area contributed by atoms with E-state index >= 15 is 0 Å². The minimum absolute atomic E-state index is 0.312. The molecule has 1 unspecified atom stereocenters. The minimum Gasteiger partial charge on any atom is -0.329 e. The van der Waals surface area contributed by atoms with Crippen molar-refractivity contribution in [3.8, 4) is 0 Å². The number of thioether (sulfide) groups is 1. The van der Waals surface area contributed by atoms with Crippen LogP contribution in [0.1, 0.15) is 27.2 Å². The summed E-state index contributed by atoms with van der Waals surface area (Å²) in [7, 11) is 0. The maximum atomic E-state index is 6.05. The van der Waals surface area contributed by atoms with Crippen molar-refractivity contribution in [1.82, 2.24) is 9.80 Å². The minimum atomic E-state index is 0.312. The highest BCUT2D eigenvalue weighted by molar-refractivity contribution is 7.99. The smallest absolute Gasteiger partial charge is 0.0430 e. The van der Waals surface area contributed by atoms with E-state index in [0.29, 0.717) is 11.1 Å². The van der Waals surface area contributed by atoms with Crippen LogP contribution in [0.4, 0.5) is 0 Å². The van der Waals surface area contributed by atoms with Crippen molar-refractivity contribution in [2.24, 2.45) is 5.73 Å². The average Bonchev–Trinajstić information content (AvgIpc) is 2.78. The van der Waals surface area contributed by atoms with Crippen molar-refractivity contribution in [3.05, 3.63) is 0 Å². The molecule has 2 rings (SSSR count). The zero-order valence-corrected chi connectivity index (χ0v) is 12.4. The van der Waals surface area contributed by atoms with Gasteiger partial charge in [0.2, 0.25) is 0 Å². The lowest BCUT2D eigenvalue weighted by Crippen LogP contribution is -2.62. The summed E-state index contributed by atoms with van der Waals surface area (Å²) in [6, 6.07) is 0. The average molecular weight is 257 g/mol. The summed E-state index contributed by atoms with van der Waals surface area (Å²) >= 11 is 2.07. The fourth-order valence-electron chi connectivity index (χ4n) is 2.99. The quantitative estimate of drug-likeness (QED) is 0.807. The van der Waals surface area contributed by atoms with Crippen LogP contribution in [0.25, 0.3) is 0 Å². The molecule has 2 aliphatic rings. The second kappa shape index (κ2) is 5.08. The third-order valence-corrected chi connectivity index (χ3v) is 5.60. The Balaban J connectivity index is 1.94. The van der Waals surface area contributed by atoms with Crippen LogP contribution in [0.5, 0.6) is 0 Å². The molecule has 2 heterocycles. The monoisotopic (exact) mass is 257 g/mol. The first-order chi connectivity index (χ1) is 7.98. The van der Waals surface area contributed by atoms with Crippen LogP contribution in [0, 0.1) is 0 Å². The number of hydrogen-bond acceptors (Lipinski definition) is 4. The third-order valence-electron chi connectivity index (χ3n) is 4.36. The Morgan fingerprint density at radius 3 is 2.24 bits per heavy atom. The second-order valence-electron chi connectivity index (χ2n) is 6.38. The van der Waals surface area contributed by atoms with Gasteiger partial charge in [0, 0.05) is 49.6 Å². The molecule has 0 spiro atoms. The molecular weight excluding hydrogens is 230 g/mol. The molecule has 2 saturated heterocycles. The van der Waals surface area contributed by atoms with Gasteiger partial charge in [-0.05, 0) is 32.9 Å². The molecule has 3 nitrogen and oxygen atoms in total. The third kappa shape index (κ3) is 2.80. The molecule has 0 aromatic heterocycles. The van der Waals surface area contributed by atoms with Gasteiger partial charge in [-0.3, -0.25) is 9.80 Å². The SMILES string of the molecule is CC(C)(C)N1CCN(C2(CN)CCSC2)CC1. The van der Waals surface area contributed by atoms with Crippen molar-refractivity contribution in [2.75, 3.05) is 44.2 Å². The molecule has 0 saturated carbocycles. The normalized spacial score (nSPS) is 33.2. The summed E-state index contributed by atoms with van der Waals surface area (Å²) in [5.74, 6) is 2.52. The highest BCUT2D eigenvalue weighted by atomic mass is 32.2. The first kappa shape index (κ1) is 13.7. The highest BCUT2D eigenvalue weighted by Gasteiger charge is 2.40. The van der Waals surface area contributed by atoms with Gasteiger partial charge in [-0.25, -0.2) is 0 Å². The van der Waals surface area contributed by atoms with Crippen molar-refractivity contribution in [2.45, 2.75) is 38.3 Å². The van der Waals surface area contributed by atoms with E-state index < -0.39 is 0 Å². The van der Waals surface area contributed by atoms with Gasteiger partial charge in [0.1, 0.15) is 0 Å². The second-order valence-corrected chi connectivity index (χ2v) is 7.48. The van der Waals surface area contributed by atoms with Crippen LogP contribution >= 0.6 is 11.8 Å². The number of rotatable bonds is 2. The van der Waals surface area contributed by atoms with Crippen LogP contribution in [0.3, 0.4) is 0 Å². The van der Waals surface area contributed by atoms with Gasteiger partial charge in [0.25, 0.3) is 0 Å². The lowest BCUT2D eigenvalue weighted by molar-refractivity contribution is 0.0138. The van der Waals surface area contributed by atoms with Crippen LogP contribution in [0.2, 0.25) is 0 Å². The number of hydrogen-bond donors (Lipinski definition) is 1. The van der Waals surface area contributed by atoms with Gasteiger partial charge in [0.05, 0.1) is 0 Å². The van der Waals surface area contributed by atoms with Gasteiger partial charge in [0.15, 0.2) is 0 Å². The molecule has 0 amide bonds. The fourth-order valence-corrected chi connectivity index (χ4v) is 4.48. The van der Waals surface area contributed by atoms with Crippen molar-refractivity contribution < 1.29 is 0 Å². The molecule has 2 aliphatic heterocycles. The van der Waals surface area contributed by atoms with Crippen molar-refractivity contribution in [1.29, 1.82) is 0 Å². The van der Waals surface area contributed by atoms with Gasteiger partial charge in [-0.15, -0.1) is 0 Å². The first-order valence-electron chi connectivity index (χ1n) is 6.76. The largest absolute Gasteiger partial charge is 0.329 e. The molecule has 0 radical (unpaired) electrons. The van der Waals surface area contributed by atoms with Crippen LogP contribution in [-0.2, 0) is 0 Å². The highest BCUT2D eigenvalue weighted by Crippen LogP contribution is 2.33. The predicted molar refractivity (Wildman–Crippen MR) is 76.6 cm³/mol. The number of piperazine rings is 1. The van der Waals surface area contributed by atoms with Gasteiger partial charge in [-0.2, -0.15) is 11.8 Å². The molecule has 0 aromatic carbocycles. The Morgan fingerprint density at radius 2 is 1.82 bits per heavy atom. The zero-order chi connectivity index (χ0) is 12.5. The summed E-state index contributed by atoms with van der Waals surface area (Å²) < 4.78 is 0. The lowest BCUT2D eigenvalue weighted by atomic mass is 9.94. The molecule has 100 valence electrons. The molecular formula is C13H27N3S. The maximum absolute atomic E-state index is 6.05. The Hall–Kier alpha value is 0.230. The van der Waals surface area contributed by atoms with E-state index in [-0.39, 0.29) is 0 Å². The van der Waals surface area contributed by atoms with E-state index in [1.807, 2.05) is 0 Å². The molecule has 2 fully saturated rings. The van der Waals surface area contributed by atoms with E-state index in [4.69, 9.17) is 5.73 Å². The Morgan fingerprint density at radius 1 is 1.18 bits per heavy atom. The fraction of sp³-hybridized carbons (Fsp3) is 1.00. The number of nitrogens with zero attached hydrogens (tertiary/aromatic N) is 2. The van der Waals surface area contributed by atoms with Gasteiger partial charge in [-0.1, -0.05) is 0 Å². The summed E-state index contributed by atoms with van der Waals surface area (Å²) in [5.41, 5.74) is 6.68. The van der Waals surface area contributed by atoms with E-state index in [0.717, 1.165) is 6.54 Å². The summed E-state index contributed by atoms with van der Waals surface area (Å²) in [5, 5.41) is 0. The van der Waals surface area contributed by atoms with Gasteiger partial charge < -0.3 is 5.73 Å². The summed E-state index contributed by atoms with van der Waals surface area (Å²) in [6.07, 6.45) is 1.28.